The van der Waals surface area contributed by atoms with Crippen LogP contribution in [0, 0.1) is 6.92 Å². The molecular formula is C17H26N2O2S. The molecule has 0 aliphatic heterocycles. The molecule has 1 atom stereocenters. The molecule has 1 N–H and O–H groups in total. The van der Waals surface area contributed by atoms with E-state index in [0.29, 0.717) is 0 Å². The molecule has 1 aromatic carbocycles. The second-order valence-electron chi connectivity index (χ2n) is 6.57. The number of nitrogens with one attached hydrogen (secondary N) is 1. The maximum absolute atomic E-state index is 12.3. The average molecular weight is 322 g/mol. The van der Waals surface area contributed by atoms with Crippen molar-refractivity contribution in [1.29, 1.82) is 0 Å². The van der Waals surface area contributed by atoms with Gasteiger partial charge in [-0.2, -0.15) is 0 Å². The predicted molar refractivity (Wildman–Crippen MR) is 92.0 cm³/mol. The molecule has 0 aliphatic rings. The summed E-state index contributed by atoms with van der Waals surface area (Å²) in [5.41, 5.74) is 0.905. The lowest BCUT2D eigenvalue weighted by molar-refractivity contribution is -0.134. The van der Waals surface area contributed by atoms with E-state index in [1.54, 1.807) is 7.05 Å². The number of carbonyl (C=O) groups is 2. The van der Waals surface area contributed by atoms with Gasteiger partial charge in [0.25, 0.3) is 0 Å². The SMILES string of the molecule is Cc1ccc(SC(C)C(=O)N(C)CC(=O)NC(C)(C)C)cc1. The zero-order chi connectivity index (χ0) is 16.9. The summed E-state index contributed by atoms with van der Waals surface area (Å²) in [7, 11) is 1.66. The molecule has 0 saturated carbocycles. The van der Waals surface area contributed by atoms with Gasteiger partial charge in [0.15, 0.2) is 0 Å². The van der Waals surface area contributed by atoms with Crippen LogP contribution in [0.5, 0.6) is 0 Å². The van der Waals surface area contributed by atoms with Crippen LogP contribution < -0.4 is 5.32 Å². The molecule has 0 fully saturated rings. The fourth-order valence-corrected chi connectivity index (χ4v) is 2.92. The number of benzene rings is 1. The fraction of sp³-hybridized carbons (Fsp3) is 0.529. The van der Waals surface area contributed by atoms with E-state index in [2.05, 4.69) is 5.32 Å². The molecule has 0 radical (unpaired) electrons. The van der Waals surface area contributed by atoms with E-state index in [1.165, 1.54) is 22.2 Å². The lowest BCUT2D eigenvalue weighted by Gasteiger charge is -2.24. The summed E-state index contributed by atoms with van der Waals surface area (Å²) in [6.45, 7) is 9.73. The Kier molecular flexibility index (Phi) is 6.48. The van der Waals surface area contributed by atoms with Crippen LogP contribution >= 0.6 is 11.8 Å². The third kappa shape index (κ3) is 6.52. The number of aryl methyl sites for hydroxylation is 1. The Morgan fingerprint density at radius 1 is 1.23 bits per heavy atom. The average Bonchev–Trinajstić information content (AvgIpc) is 2.38. The molecule has 0 spiro atoms. The van der Waals surface area contributed by atoms with E-state index in [-0.39, 0.29) is 29.1 Å². The minimum absolute atomic E-state index is 0.0466. The van der Waals surface area contributed by atoms with Crippen LogP contribution in [-0.4, -0.2) is 41.1 Å². The van der Waals surface area contributed by atoms with Crippen LogP contribution in [0.15, 0.2) is 29.2 Å². The van der Waals surface area contributed by atoms with Gasteiger partial charge in [-0.05, 0) is 46.8 Å². The van der Waals surface area contributed by atoms with Crippen molar-refractivity contribution in [2.24, 2.45) is 0 Å². The predicted octanol–water partition coefficient (Wildman–Crippen LogP) is 2.85. The Balaban J connectivity index is 2.54. The Labute approximate surface area is 137 Å². The maximum Gasteiger partial charge on any atom is 0.240 e. The first-order valence-electron chi connectivity index (χ1n) is 7.38. The van der Waals surface area contributed by atoms with Crippen LogP contribution in [0.2, 0.25) is 0 Å². The van der Waals surface area contributed by atoms with Crippen molar-refractivity contribution in [2.45, 2.75) is 50.3 Å². The molecule has 1 aromatic rings. The topological polar surface area (TPSA) is 49.4 Å². The Morgan fingerprint density at radius 3 is 2.27 bits per heavy atom. The highest BCUT2D eigenvalue weighted by molar-refractivity contribution is 8.00. The minimum atomic E-state index is -0.288. The van der Waals surface area contributed by atoms with Gasteiger partial charge in [0.05, 0.1) is 11.8 Å². The Morgan fingerprint density at radius 2 is 1.77 bits per heavy atom. The summed E-state index contributed by atoms with van der Waals surface area (Å²) in [5.74, 6) is -0.189. The molecule has 22 heavy (non-hydrogen) atoms. The van der Waals surface area contributed by atoms with E-state index in [9.17, 15) is 9.59 Å². The van der Waals surface area contributed by atoms with Crippen LogP contribution in [-0.2, 0) is 9.59 Å². The summed E-state index contributed by atoms with van der Waals surface area (Å²) in [6.07, 6.45) is 0. The van der Waals surface area contributed by atoms with Crippen molar-refractivity contribution >= 4 is 23.6 Å². The molecule has 0 aliphatic carbocycles. The van der Waals surface area contributed by atoms with Gasteiger partial charge in [0, 0.05) is 17.5 Å². The number of amides is 2. The van der Waals surface area contributed by atoms with Gasteiger partial charge in [-0.3, -0.25) is 9.59 Å². The molecule has 0 bridgehead atoms. The van der Waals surface area contributed by atoms with E-state index in [4.69, 9.17) is 0 Å². The molecule has 1 rings (SSSR count). The van der Waals surface area contributed by atoms with Crippen LogP contribution in [0.1, 0.15) is 33.3 Å². The lowest BCUT2D eigenvalue weighted by atomic mass is 10.1. The van der Waals surface area contributed by atoms with Crippen molar-refractivity contribution in [3.05, 3.63) is 29.8 Å². The summed E-state index contributed by atoms with van der Waals surface area (Å²) < 4.78 is 0. The lowest BCUT2D eigenvalue weighted by Crippen LogP contribution is -2.47. The molecule has 122 valence electrons. The fourth-order valence-electron chi connectivity index (χ4n) is 1.93. The highest BCUT2D eigenvalue weighted by Gasteiger charge is 2.22. The van der Waals surface area contributed by atoms with Gasteiger partial charge in [-0.15, -0.1) is 11.8 Å². The molecule has 4 nitrogen and oxygen atoms in total. The van der Waals surface area contributed by atoms with Gasteiger partial charge >= 0.3 is 0 Å². The number of carbonyl (C=O) groups excluding carboxylic acids is 2. The van der Waals surface area contributed by atoms with E-state index in [0.717, 1.165) is 4.90 Å². The first-order valence-corrected chi connectivity index (χ1v) is 8.26. The van der Waals surface area contributed by atoms with Gasteiger partial charge in [0.2, 0.25) is 11.8 Å². The van der Waals surface area contributed by atoms with Crippen molar-refractivity contribution in [3.63, 3.8) is 0 Å². The highest BCUT2D eigenvalue weighted by atomic mass is 32.2. The van der Waals surface area contributed by atoms with Crippen molar-refractivity contribution in [1.82, 2.24) is 10.2 Å². The molecular weight excluding hydrogens is 296 g/mol. The smallest absolute Gasteiger partial charge is 0.240 e. The monoisotopic (exact) mass is 322 g/mol. The van der Waals surface area contributed by atoms with Crippen molar-refractivity contribution in [2.75, 3.05) is 13.6 Å². The third-order valence-electron chi connectivity index (χ3n) is 2.95. The number of thioether (sulfide) groups is 1. The zero-order valence-electron chi connectivity index (χ0n) is 14.3. The van der Waals surface area contributed by atoms with Crippen LogP contribution in [0.3, 0.4) is 0 Å². The molecule has 2 amide bonds. The van der Waals surface area contributed by atoms with Gasteiger partial charge < -0.3 is 10.2 Å². The zero-order valence-corrected chi connectivity index (χ0v) is 15.1. The number of rotatable bonds is 5. The van der Waals surface area contributed by atoms with Gasteiger partial charge in [-0.25, -0.2) is 0 Å². The Hall–Kier alpha value is -1.49. The summed E-state index contributed by atoms with van der Waals surface area (Å²) in [5, 5.41) is 2.63. The summed E-state index contributed by atoms with van der Waals surface area (Å²) in [6, 6.07) is 8.08. The second-order valence-corrected chi connectivity index (χ2v) is 7.98. The van der Waals surface area contributed by atoms with E-state index >= 15 is 0 Å². The molecule has 5 heteroatoms. The quantitative estimate of drug-likeness (QED) is 0.848. The molecule has 0 saturated heterocycles. The first-order chi connectivity index (χ1) is 10.1. The van der Waals surface area contributed by atoms with Crippen LogP contribution in [0.4, 0.5) is 0 Å². The van der Waals surface area contributed by atoms with E-state index < -0.39 is 0 Å². The summed E-state index contributed by atoms with van der Waals surface area (Å²) >= 11 is 1.51. The normalized spacial score (nSPS) is 12.6. The maximum atomic E-state index is 12.3. The molecule has 0 aromatic heterocycles. The largest absolute Gasteiger partial charge is 0.350 e. The number of likely N-dealkylation sites (N-methyl/N-ethyl adjacent to an activating group) is 1. The van der Waals surface area contributed by atoms with Crippen molar-refractivity contribution < 1.29 is 9.59 Å². The van der Waals surface area contributed by atoms with Crippen LogP contribution in [0.25, 0.3) is 0 Å². The first kappa shape index (κ1) is 18.6. The molecule has 1 unspecified atom stereocenters. The second kappa shape index (κ2) is 7.68. The number of nitrogens with zero attached hydrogens (tertiary/aromatic N) is 1. The number of hydrogen-bond acceptors (Lipinski definition) is 3. The van der Waals surface area contributed by atoms with Gasteiger partial charge in [0.1, 0.15) is 0 Å². The minimum Gasteiger partial charge on any atom is -0.350 e. The molecule has 0 heterocycles. The number of hydrogen-bond donors (Lipinski definition) is 1. The third-order valence-corrected chi connectivity index (χ3v) is 4.05. The highest BCUT2D eigenvalue weighted by Crippen LogP contribution is 2.24. The van der Waals surface area contributed by atoms with Crippen molar-refractivity contribution in [3.8, 4) is 0 Å². The Bertz CT molecular complexity index is 520. The summed E-state index contributed by atoms with van der Waals surface area (Å²) in [4.78, 5) is 26.8. The van der Waals surface area contributed by atoms with E-state index in [1.807, 2.05) is 58.9 Å². The van der Waals surface area contributed by atoms with Gasteiger partial charge in [-0.1, -0.05) is 17.7 Å². The standard InChI is InChI=1S/C17H26N2O2S/c1-12-7-9-14(10-8-12)22-13(2)16(21)19(6)11-15(20)18-17(3,4)5/h7-10,13H,11H2,1-6H3,(H,18,20).